The second-order valence-corrected chi connectivity index (χ2v) is 6.22. The van der Waals surface area contributed by atoms with Crippen molar-refractivity contribution in [3.05, 3.63) is 41.7 Å². The van der Waals surface area contributed by atoms with E-state index in [0.29, 0.717) is 6.04 Å². The topological polar surface area (TPSA) is 81.7 Å². The van der Waals surface area contributed by atoms with Crippen molar-refractivity contribution in [2.75, 3.05) is 0 Å². The van der Waals surface area contributed by atoms with E-state index in [0.717, 1.165) is 25.1 Å². The molecule has 2 aliphatic rings. The van der Waals surface area contributed by atoms with Gasteiger partial charge in [-0.15, -0.1) is 10.2 Å². The molecule has 3 N–H and O–H groups in total. The van der Waals surface area contributed by atoms with Gasteiger partial charge in [0.25, 0.3) is 0 Å². The predicted octanol–water partition coefficient (Wildman–Crippen LogP) is 0.672. The van der Waals surface area contributed by atoms with E-state index < -0.39 is 0 Å². The van der Waals surface area contributed by atoms with Gasteiger partial charge in [0.1, 0.15) is 0 Å². The van der Waals surface area contributed by atoms with Gasteiger partial charge in [-0.2, -0.15) is 4.80 Å². The molecule has 2 aromatic rings. The van der Waals surface area contributed by atoms with Crippen LogP contribution in [0.4, 0.5) is 0 Å². The molecule has 0 spiro atoms. The summed E-state index contributed by atoms with van der Waals surface area (Å²) < 4.78 is 0. The van der Waals surface area contributed by atoms with Crippen molar-refractivity contribution in [1.82, 2.24) is 25.5 Å². The number of fused-ring (bicyclic) bond motifs is 2. The first kappa shape index (κ1) is 12.9. The van der Waals surface area contributed by atoms with Crippen molar-refractivity contribution in [1.29, 1.82) is 0 Å². The van der Waals surface area contributed by atoms with E-state index in [1.165, 1.54) is 10.4 Å². The number of rotatable bonds is 2. The highest BCUT2D eigenvalue weighted by Gasteiger charge is 2.53. The van der Waals surface area contributed by atoms with Crippen LogP contribution in [0.1, 0.15) is 36.6 Å². The summed E-state index contributed by atoms with van der Waals surface area (Å²) in [6.07, 6.45) is 3.04. The molecule has 0 aliphatic carbocycles. The molecular formula is C15H20N6. The van der Waals surface area contributed by atoms with E-state index >= 15 is 0 Å². The Morgan fingerprint density at radius 2 is 2.10 bits per heavy atom. The van der Waals surface area contributed by atoms with Crippen LogP contribution < -0.4 is 11.1 Å². The zero-order valence-electron chi connectivity index (χ0n) is 12.1. The van der Waals surface area contributed by atoms with Crippen molar-refractivity contribution in [2.45, 2.75) is 42.8 Å². The van der Waals surface area contributed by atoms with Gasteiger partial charge >= 0.3 is 0 Å². The molecule has 1 aromatic carbocycles. The number of benzene rings is 1. The second-order valence-electron chi connectivity index (χ2n) is 6.22. The van der Waals surface area contributed by atoms with Crippen LogP contribution >= 0.6 is 0 Å². The van der Waals surface area contributed by atoms with Crippen LogP contribution in [-0.2, 0) is 12.6 Å². The molecule has 2 bridgehead atoms. The molecule has 21 heavy (non-hydrogen) atoms. The molecule has 0 radical (unpaired) electrons. The Hall–Kier alpha value is -1.79. The molecule has 0 amide bonds. The van der Waals surface area contributed by atoms with Crippen molar-refractivity contribution in [3.63, 3.8) is 0 Å². The average Bonchev–Trinajstić information content (AvgIpc) is 3.07. The van der Waals surface area contributed by atoms with Crippen LogP contribution in [0, 0.1) is 0 Å². The van der Waals surface area contributed by atoms with Crippen LogP contribution in [0.5, 0.6) is 0 Å². The Kier molecular flexibility index (Phi) is 2.83. The van der Waals surface area contributed by atoms with Gasteiger partial charge in [0, 0.05) is 18.0 Å². The highest BCUT2D eigenvalue weighted by atomic mass is 15.6. The molecule has 110 valence electrons. The van der Waals surface area contributed by atoms with E-state index in [1.54, 1.807) is 0 Å². The summed E-state index contributed by atoms with van der Waals surface area (Å²) in [6.45, 7) is 0. The van der Waals surface area contributed by atoms with Gasteiger partial charge in [0.15, 0.2) is 5.82 Å². The first-order valence-corrected chi connectivity index (χ1v) is 7.52. The molecule has 6 nitrogen and oxygen atoms in total. The number of piperidine rings is 1. The Balaban J connectivity index is 1.74. The number of aryl methyl sites for hydroxylation is 1. The van der Waals surface area contributed by atoms with Crippen LogP contribution in [0.2, 0.25) is 0 Å². The fourth-order valence-corrected chi connectivity index (χ4v) is 3.99. The number of aromatic nitrogens is 4. The SMILES string of the molecule is Cn1nnc(C2CC3(c4ccccc4)NC2CCC3N)n1. The lowest BCUT2D eigenvalue weighted by molar-refractivity contribution is 0.238. The van der Waals surface area contributed by atoms with E-state index in [4.69, 9.17) is 5.73 Å². The van der Waals surface area contributed by atoms with Gasteiger partial charge in [-0.3, -0.25) is 0 Å². The minimum absolute atomic E-state index is 0.123. The molecule has 4 rings (SSSR count). The Bertz CT molecular complexity index is 639. The fourth-order valence-electron chi connectivity index (χ4n) is 3.99. The van der Waals surface area contributed by atoms with Crippen LogP contribution in [0.15, 0.2) is 30.3 Å². The number of nitrogens with two attached hydrogens (primary N) is 1. The smallest absolute Gasteiger partial charge is 0.179 e. The first-order chi connectivity index (χ1) is 10.2. The summed E-state index contributed by atoms with van der Waals surface area (Å²) in [5, 5.41) is 16.4. The maximum absolute atomic E-state index is 6.50. The van der Waals surface area contributed by atoms with E-state index in [2.05, 4.69) is 45.0 Å². The highest BCUT2D eigenvalue weighted by molar-refractivity contribution is 5.32. The monoisotopic (exact) mass is 284 g/mol. The third-order valence-electron chi connectivity index (χ3n) is 5.04. The fraction of sp³-hybridized carbons (Fsp3) is 0.533. The lowest BCUT2D eigenvalue weighted by atomic mass is 9.79. The quantitative estimate of drug-likeness (QED) is 0.847. The number of nitrogens with one attached hydrogen (secondary N) is 1. The first-order valence-electron chi connectivity index (χ1n) is 7.52. The van der Waals surface area contributed by atoms with Crippen molar-refractivity contribution >= 4 is 0 Å². The minimum atomic E-state index is -0.159. The van der Waals surface area contributed by atoms with Crippen LogP contribution in [0.3, 0.4) is 0 Å². The minimum Gasteiger partial charge on any atom is -0.326 e. The van der Waals surface area contributed by atoms with Gasteiger partial charge in [-0.05, 0) is 30.0 Å². The maximum atomic E-state index is 6.50. The Morgan fingerprint density at radius 1 is 1.29 bits per heavy atom. The lowest BCUT2D eigenvalue weighted by Gasteiger charge is -2.40. The van der Waals surface area contributed by atoms with Gasteiger partial charge in [0.05, 0.1) is 12.6 Å². The number of tetrazole rings is 1. The molecule has 2 fully saturated rings. The number of hydrogen-bond donors (Lipinski definition) is 2. The molecule has 6 heteroatoms. The third kappa shape index (κ3) is 1.90. The largest absolute Gasteiger partial charge is 0.326 e. The predicted molar refractivity (Wildman–Crippen MR) is 78.4 cm³/mol. The Morgan fingerprint density at radius 3 is 2.81 bits per heavy atom. The zero-order valence-corrected chi connectivity index (χ0v) is 12.1. The van der Waals surface area contributed by atoms with Crippen molar-refractivity contribution in [3.8, 4) is 0 Å². The highest BCUT2D eigenvalue weighted by Crippen LogP contribution is 2.48. The average molecular weight is 284 g/mol. The van der Waals surface area contributed by atoms with E-state index in [-0.39, 0.29) is 17.5 Å². The molecule has 1 aromatic heterocycles. The maximum Gasteiger partial charge on any atom is 0.179 e. The zero-order chi connectivity index (χ0) is 14.4. The van der Waals surface area contributed by atoms with Crippen molar-refractivity contribution in [2.24, 2.45) is 12.8 Å². The number of hydrogen-bond acceptors (Lipinski definition) is 5. The molecule has 0 saturated carbocycles. The van der Waals surface area contributed by atoms with Gasteiger partial charge in [-0.25, -0.2) is 0 Å². The second kappa shape index (κ2) is 4.61. The molecule has 2 saturated heterocycles. The molecule has 3 heterocycles. The molecule has 4 unspecified atom stereocenters. The lowest BCUT2D eigenvalue weighted by Crippen LogP contribution is -2.57. The van der Waals surface area contributed by atoms with Gasteiger partial charge in [-0.1, -0.05) is 30.3 Å². The molecule has 2 aliphatic heterocycles. The summed E-state index contributed by atoms with van der Waals surface area (Å²) >= 11 is 0. The Labute approximate surface area is 123 Å². The number of nitrogens with zero attached hydrogens (tertiary/aromatic N) is 4. The van der Waals surface area contributed by atoms with Gasteiger partial charge in [0.2, 0.25) is 0 Å². The third-order valence-corrected chi connectivity index (χ3v) is 5.04. The van der Waals surface area contributed by atoms with Gasteiger partial charge < -0.3 is 11.1 Å². The summed E-state index contributed by atoms with van der Waals surface area (Å²) in [6, 6.07) is 11.0. The normalized spacial score (nSPS) is 35.0. The summed E-state index contributed by atoms with van der Waals surface area (Å²) in [5.74, 6) is 1.12. The van der Waals surface area contributed by atoms with E-state index in [9.17, 15) is 0 Å². The molecule has 4 atom stereocenters. The van der Waals surface area contributed by atoms with Crippen LogP contribution in [0.25, 0.3) is 0 Å². The summed E-state index contributed by atoms with van der Waals surface area (Å²) in [7, 11) is 1.81. The standard InChI is InChI=1S/C15H20N6/c1-21-19-14(18-20-21)11-9-15(10-5-3-2-4-6-10)13(16)8-7-12(11)17-15/h2-6,11-13,17H,7-9,16H2,1H3. The summed E-state index contributed by atoms with van der Waals surface area (Å²) in [5.41, 5.74) is 7.62. The van der Waals surface area contributed by atoms with E-state index in [1.807, 2.05) is 13.1 Å². The van der Waals surface area contributed by atoms with Crippen LogP contribution in [-0.4, -0.2) is 32.3 Å². The summed E-state index contributed by atoms with van der Waals surface area (Å²) in [4.78, 5) is 1.53. The molecular weight excluding hydrogens is 264 g/mol. The van der Waals surface area contributed by atoms with Crippen molar-refractivity contribution < 1.29 is 0 Å².